The molecule has 1 amide bonds. The summed E-state index contributed by atoms with van der Waals surface area (Å²) in [6, 6.07) is 1.94. The zero-order valence-corrected chi connectivity index (χ0v) is 17.6. The maximum atomic E-state index is 12.3. The number of hydrogen-bond donors (Lipinski definition) is 3. The van der Waals surface area contributed by atoms with Crippen molar-refractivity contribution in [1.29, 1.82) is 5.41 Å². The highest BCUT2D eigenvalue weighted by Crippen LogP contribution is 2.33. The molecular formula is C20H29N7O2. The van der Waals surface area contributed by atoms with E-state index in [1.807, 2.05) is 40.1 Å². The number of cyclic esters (lactones) is 1. The van der Waals surface area contributed by atoms with Crippen LogP contribution in [0.2, 0.25) is 0 Å². The van der Waals surface area contributed by atoms with Gasteiger partial charge in [-0.2, -0.15) is 5.10 Å². The summed E-state index contributed by atoms with van der Waals surface area (Å²) in [6.45, 7) is 8.68. The second-order valence-electron chi connectivity index (χ2n) is 7.56. The summed E-state index contributed by atoms with van der Waals surface area (Å²) in [5.74, 6) is 0.490. The third-order valence-corrected chi connectivity index (χ3v) is 4.71. The highest BCUT2D eigenvalue weighted by molar-refractivity contribution is 6.03. The molecule has 1 fully saturated rings. The number of aryl methyl sites for hydroxylation is 1. The van der Waals surface area contributed by atoms with Crippen molar-refractivity contribution in [3.05, 3.63) is 29.7 Å². The number of amides is 1. The fourth-order valence-electron chi connectivity index (χ4n) is 3.30. The van der Waals surface area contributed by atoms with Crippen LogP contribution in [0.3, 0.4) is 0 Å². The first-order chi connectivity index (χ1) is 13.8. The quantitative estimate of drug-likeness (QED) is 0.587. The summed E-state index contributed by atoms with van der Waals surface area (Å²) in [5.41, 5.74) is 3.39. The molecule has 2 aromatic rings. The second kappa shape index (κ2) is 8.50. The topological polar surface area (TPSA) is 108 Å². The first-order valence-electron chi connectivity index (χ1n) is 9.84. The Hall–Kier alpha value is -3.10. The summed E-state index contributed by atoms with van der Waals surface area (Å²) >= 11 is 0. The molecule has 0 aliphatic carbocycles. The van der Waals surface area contributed by atoms with E-state index in [2.05, 4.69) is 20.7 Å². The Bertz CT molecular complexity index is 906. The molecule has 3 heterocycles. The van der Waals surface area contributed by atoms with Crippen LogP contribution in [-0.2, 0) is 18.3 Å². The van der Waals surface area contributed by atoms with Gasteiger partial charge in [0.1, 0.15) is 18.1 Å². The lowest BCUT2D eigenvalue weighted by Gasteiger charge is -2.24. The number of nitrogens with one attached hydrogen (secondary N) is 3. The Morgan fingerprint density at radius 2 is 2.21 bits per heavy atom. The molecule has 0 saturated carbocycles. The molecule has 156 valence electrons. The summed E-state index contributed by atoms with van der Waals surface area (Å²) in [6.07, 6.45) is 4.11. The largest absolute Gasteiger partial charge is 0.447 e. The minimum Gasteiger partial charge on any atom is -0.447 e. The molecule has 9 heteroatoms. The van der Waals surface area contributed by atoms with Crippen molar-refractivity contribution in [2.24, 2.45) is 7.05 Å². The van der Waals surface area contributed by atoms with Crippen LogP contribution in [0.1, 0.15) is 45.4 Å². The summed E-state index contributed by atoms with van der Waals surface area (Å²) in [7, 11) is 1.88. The van der Waals surface area contributed by atoms with Crippen molar-refractivity contribution in [2.45, 2.75) is 52.7 Å². The van der Waals surface area contributed by atoms with Gasteiger partial charge in [-0.05, 0) is 27.2 Å². The molecular weight excluding hydrogens is 370 g/mol. The SMILES string of the molecule is CCC1COC(=O)N1c1cc(NCc2cnn(C)c2)c(NC(C)C)c(C(C)=N)n1. The number of pyridine rings is 1. The molecule has 0 spiro atoms. The van der Waals surface area contributed by atoms with Crippen LogP contribution in [-0.4, -0.2) is 45.3 Å². The zero-order valence-electron chi connectivity index (χ0n) is 17.6. The van der Waals surface area contributed by atoms with E-state index in [1.54, 1.807) is 22.7 Å². The van der Waals surface area contributed by atoms with Crippen molar-refractivity contribution in [1.82, 2.24) is 14.8 Å². The third-order valence-electron chi connectivity index (χ3n) is 4.71. The Kier molecular flexibility index (Phi) is 6.05. The highest BCUT2D eigenvalue weighted by atomic mass is 16.6. The Morgan fingerprint density at radius 1 is 1.45 bits per heavy atom. The van der Waals surface area contributed by atoms with Gasteiger partial charge in [0.25, 0.3) is 0 Å². The van der Waals surface area contributed by atoms with Gasteiger partial charge in [0, 0.05) is 37.5 Å². The molecule has 3 rings (SSSR count). The smallest absolute Gasteiger partial charge is 0.415 e. The Morgan fingerprint density at radius 3 is 2.79 bits per heavy atom. The molecule has 2 aromatic heterocycles. The fraction of sp³-hybridized carbons (Fsp3) is 0.500. The molecule has 3 N–H and O–H groups in total. The van der Waals surface area contributed by atoms with E-state index in [0.717, 1.165) is 23.4 Å². The van der Waals surface area contributed by atoms with Crippen LogP contribution in [0.25, 0.3) is 0 Å². The van der Waals surface area contributed by atoms with E-state index < -0.39 is 6.09 Å². The van der Waals surface area contributed by atoms with Crippen LogP contribution in [0.15, 0.2) is 18.5 Å². The number of anilines is 3. The van der Waals surface area contributed by atoms with Gasteiger partial charge in [-0.25, -0.2) is 9.78 Å². The monoisotopic (exact) mass is 399 g/mol. The van der Waals surface area contributed by atoms with Crippen molar-refractivity contribution >= 4 is 29.0 Å². The molecule has 29 heavy (non-hydrogen) atoms. The standard InChI is InChI=1S/C20H29N7O2/c1-6-15-11-29-20(28)27(15)17-7-16(22-8-14-9-23-26(5)10-14)19(24-12(2)3)18(25-17)13(4)21/h7,9-10,12,15,21,24H,6,8,11H2,1-5H3,(H,22,25). The lowest BCUT2D eigenvalue weighted by atomic mass is 10.1. The minimum atomic E-state index is -0.402. The van der Waals surface area contributed by atoms with Gasteiger partial charge in [0.15, 0.2) is 0 Å². The first-order valence-corrected chi connectivity index (χ1v) is 9.84. The zero-order chi connectivity index (χ0) is 21.1. The molecule has 0 bridgehead atoms. The number of rotatable bonds is 8. The highest BCUT2D eigenvalue weighted by Gasteiger charge is 2.35. The lowest BCUT2D eigenvalue weighted by molar-refractivity contribution is 0.178. The van der Waals surface area contributed by atoms with E-state index in [1.165, 1.54) is 0 Å². The van der Waals surface area contributed by atoms with Crippen molar-refractivity contribution in [3.63, 3.8) is 0 Å². The Balaban J connectivity index is 2.04. The lowest BCUT2D eigenvalue weighted by Crippen LogP contribution is -2.34. The van der Waals surface area contributed by atoms with E-state index in [0.29, 0.717) is 30.4 Å². The third kappa shape index (κ3) is 4.49. The van der Waals surface area contributed by atoms with Crippen LogP contribution in [0.4, 0.5) is 22.0 Å². The fourth-order valence-corrected chi connectivity index (χ4v) is 3.30. The van der Waals surface area contributed by atoms with Crippen LogP contribution < -0.4 is 15.5 Å². The number of nitrogens with zero attached hydrogens (tertiary/aromatic N) is 4. The van der Waals surface area contributed by atoms with Gasteiger partial charge in [-0.3, -0.25) is 9.58 Å². The van der Waals surface area contributed by atoms with Gasteiger partial charge in [-0.1, -0.05) is 6.92 Å². The average Bonchev–Trinajstić information content (AvgIpc) is 3.25. The average molecular weight is 399 g/mol. The van der Waals surface area contributed by atoms with Crippen LogP contribution >= 0.6 is 0 Å². The molecule has 0 aromatic carbocycles. The molecule has 1 aliphatic rings. The van der Waals surface area contributed by atoms with Crippen LogP contribution in [0.5, 0.6) is 0 Å². The summed E-state index contributed by atoms with van der Waals surface area (Å²) in [5, 5.41) is 19.3. The maximum Gasteiger partial charge on any atom is 0.415 e. The molecule has 9 nitrogen and oxygen atoms in total. The molecule has 0 radical (unpaired) electrons. The van der Waals surface area contributed by atoms with Crippen LogP contribution in [0, 0.1) is 5.41 Å². The first kappa shape index (κ1) is 20.6. The van der Waals surface area contributed by atoms with E-state index in [9.17, 15) is 4.79 Å². The number of carbonyl (C=O) groups excluding carboxylic acids is 1. The number of carbonyl (C=O) groups is 1. The number of hydrogen-bond acceptors (Lipinski definition) is 7. The van der Waals surface area contributed by atoms with E-state index in [-0.39, 0.29) is 12.1 Å². The molecule has 1 atom stereocenters. The predicted octanol–water partition coefficient (Wildman–Crippen LogP) is 3.37. The van der Waals surface area contributed by atoms with Crippen molar-refractivity contribution < 1.29 is 9.53 Å². The van der Waals surface area contributed by atoms with E-state index in [4.69, 9.17) is 10.1 Å². The second-order valence-corrected chi connectivity index (χ2v) is 7.56. The maximum absolute atomic E-state index is 12.3. The van der Waals surface area contributed by atoms with Gasteiger partial charge >= 0.3 is 6.09 Å². The molecule has 1 unspecified atom stereocenters. The summed E-state index contributed by atoms with van der Waals surface area (Å²) in [4.78, 5) is 18.6. The normalized spacial score (nSPS) is 16.3. The van der Waals surface area contributed by atoms with E-state index >= 15 is 0 Å². The van der Waals surface area contributed by atoms with Gasteiger partial charge in [0.2, 0.25) is 0 Å². The molecule has 1 aliphatic heterocycles. The summed E-state index contributed by atoms with van der Waals surface area (Å²) < 4.78 is 6.99. The Labute approximate surface area is 171 Å². The number of ether oxygens (including phenoxy) is 1. The van der Waals surface area contributed by atoms with Gasteiger partial charge in [-0.15, -0.1) is 0 Å². The van der Waals surface area contributed by atoms with Gasteiger partial charge in [0.05, 0.1) is 29.3 Å². The van der Waals surface area contributed by atoms with Gasteiger partial charge < -0.3 is 20.8 Å². The predicted molar refractivity (Wildman–Crippen MR) is 114 cm³/mol. The van der Waals surface area contributed by atoms with Crippen molar-refractivity contribution in [2.75, 3.05) is 22.1 Å². The molecule has 1 saturated heterocycles. The minimum absolute atomic E-state index is 0.0658. The number of aromatic nitrogens is 3. The van der Waals surface area contributed by atoms with Crippen molar-refractivity contribution in [3.8, 4) is 0 Å².